The Balaban J connectivity index is 1.11. The number of halogens is 1. The van der Waals surface area contributed by atoms with Crippen molar-refractivity contribution < 1.29 is 9.53 Å². The van der Waals surface area contributed by atoms with Crippen LogP contribution in [0.25, 0.3) is 0 Å². The van der Waals surface area contributed by atoms with Gasteiger partial charge in [-0.25, -0.2) is 4.98 Å². The molecule has 2 aliphatic heterocycles. The van der Waals surface area contributed by atoms with E-state index in [1.165, 1.54) is 12.8 Å². The van der Waals surface area contributed by atoms with E-state index in [1.807, 2.05) is 29.2 Å². The minimum Gasteiger partial charge on any atom is -0.489 e. The zero-order valence-corrected chi connectivity index (χ0v) is 26.6. The predicted octanol–water partition coefficient (Wildman–Crippen LogP) is 5.37. The molecule has 2 aromatic rings. The number of hydrogen-bond donors (Lipinski definition) is 1. The topological polar surface area (TPSA) is 81.5 Å². The molecule has 2 aliphatic carbocycles. The van der Waals surface area contributed by atoms with Crippen molar-refractivity contribution in [2.45, 2.75) is 78.1 Å². The van der Waals surface area contributed by atoms with E-state index in [4.69, 9.17) is 9.72 Å². The molecule has 220 valence electrons. The van der Waals surface area contributed by atoms with Crippen LogP contribution in [0.15, 0.2) is 34.8 Å². The maximum absolute atomic E-state index is 13.6. The number of nitriles is 1. The molecule has 1 amide bonds. The van der Waals surface area contributed by atoms with Crippen molar-refractivity contribution in [1.82, 2.24) is 20.1 Å². The fourth-order valence-corrected chi connectivity index (χ4v) is 8.75. The molecule has 0 spiro atoms. The van der Waals surface area contributed by atoms with Crippen molar-refractivity contribution in [3.63, 3.8) is 0 Å². The first-order valence-corrected chi connectivity index (χ1v) is 16.0. The van der Waals surface area contributed by atoms with Crippen LogP contribution in [-0.4, -0.2) is 65.1 Å². The van der Waals surface area contributed by atoms with Crippen LogP contribution < -0.4 is 10.1 Å². The fraction of sp³-hybridized carbons (Fsp3) is 0.559. The van der Waals surface area contributed by atoms with Gasteiger partial charge in [0.1, 0.15) is 23.6 Å². The van der Waals surface area contributed by atoms with Crippen molar-refractivity contribution in [2.24, 2.45) is 16.7 Å². The molecule has 2 saturated carbocycles. The average molecular weight is 631 g/mol. The molecule has 4 aliphatic rings. The lowest BCUT2D eigenvalue weighted by atomic mass is 9.49. The number of fused-ring (bicyclic) bond motifs is 1. The fourth-order valence-electron chi connectivity index (χ4n) is 8.30. The summed E-state index contributed by atoms with van der Waals surface area (Å²) in [5.74, 6) is 8.02. The maximum atomic E-state index is 13.6. The molecule has 0 radical (unpaired) electrons. The van der Waals surface area contributed by atoms with Gasteiger partial charge in [0.25, 0.3) is 5.91 Å². The largest absolute Gasteiger partial charge is 0.489 e. The van der Waals surface area contributed by atoms with Crippen LogP contribution in [0.3, 0.4) is 0 Å². The maximum Gasteiger partial charge on any atom is 0.256 e. The minimum absolute atomic E-state index is 0.0149. The van der Waals surface area contributed by atoms with Crippen molar-refractivity contribution in [3.05, 3.63) is 57.3 Å². The van der Waals surface area contributed by atoms with Crippen LogP contribution in [0.1, 0.15) is 80.7 Å². The summed E-state index contributed by atoms with van der Waals surface area (Å²) in [6.07, 6.45) is 4.63. The first kappa shape index (κ1) is 29.2. The normalized spacial score (nSPS) is 28.2. The second-order valence-corrected chi connectivity index (χ2v) is 14.3. The van der Waals surface area contributed by atoms with E-state index in [2.05, 4.69) is 71.8 Å². The lowest BCUT2D eigenvalue weighted by molar-refractivity contribution is -0.199. The van der Waals surface area contributed by atoms with Crippen molar-refractivity contribution in [2.75, 3.05) is 26.2 Å². The van der Waals surface area contributed by atoms with E-state index in [-0.39, 0.29) is 28.9 Å². The lowest BCUT2D eigenvalue weighted by Crippen LogP contribution is -2.74. The van der Waals surface area contributed by atoms with Crippen LogP contribution in [0.2, 0.25) is 0 Å². The Labute approximate surface area is 258 Å². The molecule has 1 aromatic carbocycles. The number of ether oxygens (including phenoxy) is 1. The summed E-state index contributed by atoms with van der Waals surface area (Å²) >= 11 is 3.47. The number of carbonyl (C=O) groups is 1. The number of amides is 1. The lowest BCUT2D eigenvalue weighted by Gasteiger charge is -2.65. The number of rotatable bonds is 4. The van der Waals surface area contributed by atoms with Crippen LogP contribution in [-0.2, 0) is 6.54 Å². The monoisotopic (exact) mass is 629 g/mol. The smallest absolute Gasteiger partial charge is 0.256 e. The molecule has 7 nitrogen and oxygen atoms in total. The zero-order chi connectivity index (χ0) is 29.6. The molecule has 1 aromatic heterocycles. The summed E-state index contributed by atoms with van der Waals surface area (Å²) in [5, 5.41) is 12.7. The predicted molar refractivity (Wildman–Crippen MR) is 166 cm³/mol. The summed E-state index contributed by atoms with van der Waals surface area (Å²) in [5.41, 5.74) is 2.27. The number of nitrogens with zero attached hydrogens (tertiary/aromatic N) is 4. The first-order valence-electron chi connectivity index (χ1n) is 15.2. The highest BCUT2D eigenvalue weighted by molar-refractivity contribution is 9.10. The third kappa shape index (κ3) is 5.23. The number of piperazine rings is 1. The van der Waals surface area contributed by atoms with Gasteiger partial charge in [0.2, 0.25) is 0 Å². The molecule has 0 bridgehead atoms. The van der Waals surface area contributed by atoms with Gasteiger partial charge in [0.15, 0.2) is 0 Å². The molecule has 8 heteroatoms. The molecule has 42 heavy (non-hydrogen) atoms. The van der Waals surface area contributed by atoms with E-state index < -0.39 is 0 Å². The molecular formula is C34H40BrN5O2. The molecule has 3 heterocycles. The van der Waals surface area contributed by atoms with E-state index in [0.29, 0.717) is 39.9 Å². The summed E-state index contributed by atoms with van der Waals surface area (Å²) in [7, 11) is 0. The zero-order valence-electron chi connectivity index (χ0n) is 25.0. The Morgan fingerprint density at radius 1 is 1.05 bits per heavy atom. The molecule has 6 rings (SSSR count). The highest BCUT2D eigenvalue weighted by Crippen LogP contribution is 2.59. The van der Waals surface area contributed by atoms with Gasteiger partial charge in [0, 0.05) is 59.5 Å². The van der Waals surface area contributed by atoms with Gasteiger partial charge in [-0.1, -0.05) is 33.6 Å². The van der Waals surface area contributed by atoms with Gasteiger partial charge in [-0.05, 0) is 77.9 Å². The third-order valence-electron chi connectivity index (χ3n) is 9.94. The minimum atomic E-state index is -0.284. The number of hydrogen-bond acceptors (Lipinski definition) is 6. The van der Waals surface area contributed by atoms with Gasteiger partial charge in [-0.3, -0.25) is 9.69 Å². The summed E-state index contributed by atoms with van der Waals surface area (Å²) in [6.45, 7) is 13.7. The Kier molecular flexibility index (Phi) is 7.85. The standard InChI is InChI=1S/C34H40BrN5O2/c1-33(2)31(34(3,4)32(33)42-26-13-8-23(20-36)28(35)19-26)40-21-29-27(30(40)41)14-10-24(38-29)9-5-22-6-11-25(12-7-22)39-17-15-37-16-18-39/h8,10,13-14,19,22,25,31-32,37H,6-7,11-12,15-18,21H2,1-4H3/t22-,25-,31-,32-. The molecule has 1 N–H and O–H groups in total. The molecule has 0 atom stereocenters. The third-order valence-corrected chi connectivity index (χ3v) is 10.6. The van der Waals surface area contributed by atoms with Gasteiger partial charge in [-0.2, -0.15) is 5.26 Å². The quantitative estimate of drug-likeness (QED) is 0.458. The number of nitrogens with one attached hydrogen (secondary N) is 1. The van der Waals surface area contributed by atoms with E-state index in [9.17, 15) is 10.1 Å². The van der Waals surface area contributed by atoms with Gasteiger partial charge in [-0.15, -0.1) is 0 Å². The van der Waals surface area contributed by atoms with Gasteiger partial charge in [0.05, 0.1) is 23.4 Å². The van der Waals surface area contributed by atoms with Crippen molar-refractivity contribution in [1.29, 1.82) is 5.26 Å². The highest BCUT2D eigenvalue weighted by atomic mass is 79.9. The Hall–Kier alpha value is -2.91. The molecule has 3 fully saturated rings. The van der Waals surface area contributed by atoms with Gasteiger partial charge >= 0.3 is 0 Å². The molecule has 0 unspecified atom stereocenters. The van der Waals surface area contributed by atoms with Crippen LogP contribution in [0, 0.1) is 39.9 Å². The van der Waals surface area contributed by atoms with E-state index in [1.54, 1.807) is 6.07 Å². The average Bonchev–Trinajstić information content (AvgIpc) is 3.29. The summed E-state index contributed by atoms with van der Waals surface area (Å²) in [4.78, 5) is 23.1. The number of benzene rings is 1. The van der Waals surface area contributed by atoms with E-state index in [0.717, 1.165) is 50.4 Å². The van der Waals surface area contributed by atoms with Crippen molar-refractivity contribution >= 4 is 21.8 Å². The van der Waals surface area contributed by atoms with Crippen LogP contribution >= 0.6 is 15.9 Å². The van der Waals surface area contributed by atoms with Crippen LogP contribution in [0.5, 0.6) is 5.75 Å². The molecular weight excluding hydrogens is 590 g/mol. The Morgan fingerprint density at radius 2 is 1.76 bits per heavy atom. The first-order chi connectivity index (χ1) is 20.1. The second kappa shape index (κ2) is 11.3. The highest BCUT2D eigenvalue weighted by Gasteiger charge is 2.67. The van der Waals surface area contributed by atoms with Crippen LogP contribution in [0.4, 0.5) is 0 Å². The number of pyridine rings is 1. The second-order valence-electron chi connectivity index (χ2n) is 13.5. The Morgan fingerprint density at radius 3 is 2.43 bits per heavy atom. The summed E-state index contributed by atoms with van der Waals surface area (Å²) < 4.78 is 7.21. The number of carbonyl (C=O) groups excluding carboxylic acids is 1. The summed E-state index contributed by atoms with van der Waals surface area (Å²) in [6, 6.07) is 12.1. The van der Waals surface area contributed by atoms with Crippen molar-refractivity contribution in [3.8, 4) is 23.7 Å². The van der Waals surface area contributed by atoms with E-state index >= 15 is 0 Å². The SMILES string of the molecule is CC1(C)[C@H](Oc2ccc(C#N)c(Br)c2)C(C)(C)[C@H]1N1Cc2nc(C#C[C@H]3CC[C@H](N4CCNCC4)CC3)ccc2C1=O. The van der Waals surface area contributed by atoms with Gasteiger partial charge < -0.3 is 15.0 Å². The number of aromatic nitrogens is 1. The Bertz CT molecular complexity index is 1450. The molecule has 1 saturated heterocycles.